The maximum Gasteiger partial charge on any atom is 0.119 e. The van der Waals surface area contributed by atoms with Crippen molar-refractivity contribution in [2.75, 3.05) is 13.7 Å². The van der Waals surface area contributed by atoms with Crippen LogP contribution in [0.2, 0.25) is 0 Å². The van der Waals surface area contributed by atoms with Crippen LogP contribution >= 0.6 is 0 Å². The summed E-state index contributed by atoms with van der Waals surface area (Å²) in [5.74, 6) is 1.76. The number of benzene rings is 2. The summed E-state index contributed by atoms with van der Waals surface area (Å²) in [6.45, 7) is 0.646. The van der Waals surface area contributed by atoms with Crippen LogP contribution in [-0.2, 0) is 12.8 Å². The van der Waals surface area contributed by atoms with E-state index >= 15 is 0 Å². The van der Waals surface area contributed by atoms with Gasteiger partial charge in [-0.3, -0.25) is 0 Å². The monoisotopic (exact) mass is 284 g/mol. The van der Waals surface area contributed by atoms with Crippen molar-refractivity contribution < 1.29 is 14.6 Å². The van der Waals surface area contributed by atoms with Gasteiger partial charge in [0.25, 0.3) is 0 Å². The number of methoxy groups -OCH3 is 1. The molecule has 1 aliphatic rings. The zero-order valence-corrected chi connectivity index (χ0v) is 12.2. The summed E-state index contributed by atoms with van der Waals surface area (Å²) in [6.07, 6.45) is 2.33. The van der Waals surface area contributed by atoms with Gasteiger partial charge in [-0.2, -0.15) is 0 Å². The van der Waals surface area contributed by atoms with Gasteiger partial charge >= 0.3 is 0 Å². The predicted octanol–water partition coefficient (Wildman–Crippen LogP) is 3.30. The molecule has 3 rings (SSSR count). The molecule has 2 aromatic carbocycles. The summed E-state index contributed by atoms with van der Waals surface area (Å²) < 4.78 is 11.0. The summed E-state index contributed by atoms with van der Waals surface area (Å²) in [5.41, 5.74) is 3.49. The number of ether oxygens (including phenoxy) is 2. The highest BCUT2D eigenvalue weighted by Crippen LogP contribution is 2.33. The van der Waals surface area contributed by atoms with E-state index in [1.54, 1.807) is 7.11 Å². The molecule has 0 bridgehead atoms. The van der Waals surface area contributed by atoms with Crippen molar-refractivity contribution in [3.05, 3.63) is 59.2 Å². The normalized spacial score (nSPS) is 16.6. The molecule has 0 aliphatic heterocycles. The lowest BCUT2D eigenvalue weighted by Gasteiger charge is -2.09. The average Bonchev–Trinajstić information content (AvgIpc) is 2.89. The van der Waals surface area contributed by atoms with Gasteiger partial charge < -0.3 is 14.6 Å². The Hall–Kier alpha value is -2.00. The Balaban J connectivity index is 1.55. The average molecular weight is 284 g/mol. The molecule has 3 nitrogen and oxygen atoms in total. The molecule has 0 radical (unpaired) electrons. The first-order valence-electron chi connectivity index (χ1n) is 7.33. The van der Waals surface area contributed by atoms with Crippen molar-refractivity contribution in [2.24, 2.45) is 0 Å². The lowest BCUT2D eigenvalue weighted by molar-refractivity contribution is 0.180. The van der Waals surface area contributed by atoms with Crippen LogP contribution in [0.15, 0.2) is 42.5 Å². The van der Waals surface area contributed by atoms with Crippen molar-refractivity contribution in [1.82, 2.24) is 0 Å². The standard InChI is InChI=1S/C18H20O3/c1-20-15-5-2-13(3-6-15)10-11-21-16-7-8-17-14(12-16)4-9-18(17)19/h2-3,5-8,12,18-19H,4,9-11H2,1H3. The van der Waals surface area contributed by atoms with Crippen molar-refractivity contribution in [2.45, 2.75) is 25.4 Å². The Kier molecular flexibility index (Phi) is 4.11. The zero-order chi connectivity index (χ0) is 14.7. The molecule has 3 heteroatoms. The van der Waals surface area contributed by atoms with E-state index in [2.05, 4.69) is 18.2 Å². The van der Waals surface area contributed by atoms with Gasteiger partial charge in [0, 0.05) is 6.42 Å². The van der Waals surface area contributed by atoms with Crippen LogP contribution in [0.1, 0.15) is 29.2 Å². The minimum absolute atomic E-state index is 0.298. The Labute approximate surface area is 125 Å². The predicted molar refractivity (Wildman–Crippen MR) is 81.9 cm³/mol. The third-order valence-corrected chi connectivity index (χ3v) is 3.98. The summed E-state index contributed by atoms with van der Waals surface area (Å²) in [7, 11) is 1.67. The molecule has 0 amide bonds. The molecule has 0 fully saturated rings. The van der Waals surface area contributed by atoms with E-state index in [9.17, 15) is 5.11 Å². The second-order valence-corrected chi connectivity index (χ2v) is 5.36. The molecule has 0 aromatic heterocycles. The Morgan fingerprint density at radius 1 is 1.10 bits per heavy atom. The van der Waals surface area contributed by atoms with Gasteiger partial charge in [-0.05, 0) is 53.8 Å². The summed E-state index contributed by atoms with van der Waals surface area (Å²) >= 11 is 0. The SMILES string of the molecule is COc1ccc(CCOc2ccc3c(c2)CCC3O)cc1. The molecule has 110 valence electrons. The fraction of sp³-hybridized carbons (Fsp3) is 0.333. The third-order valence-electron chi connectivity index (χ3n) is 3.98. The van der Waals surface area contributed by atoms with E-state index < -0.39 is 0 Å². The fourth-order valence-corrected chi connectivity index (χ4v) is 2.74. The number of rotatable bonds is 5. The van der Waals surface area contributed by atoms with Crippen LogP contribution in [0.3, 0.4) is 0 Å². The first-order valence-corrected chi connectivity index (χ1v) is 7.33. The number of fused-ring (bicyclic) bond motifs is 1. The summed E-state index contributed by atoms with van der Waals surface area (Å²) in [6, 6.07) is 14.0. The second-order valence-electron chi connectivity index (χ2n) is 5.36. The highest BCUT2D eigenvalue weighted by atomic mass is 16.5. The van der Waals surface area contributed by atoms with Crippen molar-refractivity contribution in [3.63, 3.8) is 0 Å². The first-order chi connectivity index (χ1) is 10.3. The van der Waals surface area contributed by atoms with Gasteiger partial charge in [-0.25, -0.2) is 0 Å². The third kappa shape index (κ3) is 3.19. The van der Waals surface area contributed by atoms with E-state index in [4.69, 9.17) is 9.47 Å². The van der Waals surface area contributed by atoms with E-state index in [0.29, 0.717) is 6.61 Å². The molecule has 1 unspecified atom stereocenters. The van der Waals surface area contributed by atoms with Crippen LogP contribution in [0.5, 0.6) is 11.5 Å². The van der Waals surface area contributed by atoms with Crippen LogP contribution in [0.4, 0.5) is 0 Å². The van der Waals surface area contributed by atoms with Gasteiger partial charge in [0.15, 0.2) is 0 Å². The largest absolute Gasteiger partial charge is 0.497 e. The Bertz CT molecular complexity index is 604. The van der Waals surface area contributed by atoms with Crippen LogP contribution in [0, 0.1) is 0 Å². The van der Waals surface area contributed by atoms with Crippen molar-refractivity contribution >= 4 is 0 Å². The minimum Gasteiger partial charge on any atom is -0.497 e. The molecule has 0 saturated heterocycles. The molecular formula is C18H20O3. The number of hydrogen-bond acceptors (Lipinski definition) is 3. The number of hydrogen-bond donors (Lipinski definition) is 1. The fourth-order valence-electron chi connectivity index (χ4n) is 2.74. The maximum atomic E-state index is 9.79. The molecule has 2 aromatic rings. The van der Waals surface area contributed by atoms with E-state index in [1.165, 1.54) is 11.1 Å². The minimum atomic E-state index is -0.298. The van der Waals surface area contributed by atoms with Gasteiger partial charge in [0.2, 0.25) is 0 Å². The van der Waals surface area contributed by atoms with Crippen molar-refractivity contribution in [1.29, 1.82) is 0 Å². The molecule has 1 atom stereocenters. The van der Waals surface area contributed by atoms with Gasteiger partial charge in [0.05, 0.1) is 19.8 Å². The van der Waals surface area contributed by atoms with Gasteiger partial charge in [-0.15, -0.1) is 0 Å². The molecular weight excluding hydrogens is 264 g/mol. The molecule has 0 saturated carbocycles. The quantitative estimate of drug-likeness (QED) is 0.915. The maximum absolute atomic E-state index is 9.79. The highest BCUT2D eigenvalue weighted by Gasteiger charge is 2.20. The van der Waals surface area contributed by atoms with Gasteiger partial charge in [0.1, 0.15) is 11.5 Å². The summed E-state index contributed by atoms with van der Waals surface area (Å²) in [5, 5.41) is 9.79. The topological polar surface area (TPSA) is 38.7 Å². The number of aryl methyl sites for hydroxylation is 1. The molecule has 1 aliphatic carbocycles. The van der Waals surface area contributed by atoms with Gasteiger partial charge in [-0.1, -0.05) is 18.2 Å². The lowest BCUT2D eigenvalue weighted by Crippen LogP contribution is -2.02. The Morgan fingerprint density at radius 3 is 2.62 bits per heavy atom. The molecule has 21 heavy (non-hydrogen) atoms. The van der Waals surface area contributed by atoms with E-state index in [1.807, 2.05) is 24.3 Å². The number of aliphatic hydroxyl groups is 1. The molecule has 0 heterocycles. The second kappa shape index (κ2) is 6.19. The number of aliphatic hydroxyl groups excluding tert-OH is 1. The highest BCUT2D eigenvalue weighted by molar-refractivity contribution is 5.39. The van der Waals surface area contributed by atoms with Crippen LogP contribution in [0.25, 0.3) is 0 Å². The first kappa shape index (κ1) is 14.0. The molecule has 0 spiro atoms. The lowest BCUT2D eigenvalue weighted by atomic mass is 10.1. The zero-order valence-electron chi connectivity index (χ0n) is 12.2. The Morgan fingerprint density at radius 2 is 1.86 bits per heavy atom. The molecule has 1 N–H and O–H groups in total. The van der Waals surface area contributed by atoms with Crippen LogP contribution < -0.4 is 9.47 Å². The van der Waals surface area contributed by atoms with Crippen LogP contribution in [-0.4, -0.2) is 18.8 Å². The van der Waals surface area contributed by atoms with E-state index in [-0.39, 0.29) is 6.10 Å². The van der Waals surface area contributed by atoms with Crippen molar-refractivity contribution in [3.8, 4) is 11.5 Å². The smallest absolute Gasteiger partial charge is 0.119 e. The van der Waals surface area contributed by atoms with E-state index in [0.717, 1.165) is 36.3 Å². The summed E-state index contributed by atoms with van der Waals surface area (Å²) in [4.78, 5) is 0.